The molecule has 1 unspecified atom stereocenters. The van der Waals surface area contributed by atoms with Crippen molar-refractivity contribution in [3.05, 3.63) is 11.4 Å². The number of hydrogen-bond acceptors (Lipinski definition) is 3. The minimum atomic E-state index is 0.139. The summed E-state index contributed by atoms with van der Waals surface area (Å²) in [7, 11) is 0. The van der Waals surface area contributed by atoms with Crippen molar-refractivity contribution in [2.24, 2.45) is 5.92 Å². The van der Waals surface area contributed by atoms with Crippen molar-refractivity contribution in [2.75, 3.05) is 0 Å². The van der Waals surface area contributed by atoms with E-state index in [1.54, 1.807) is 4.80 Å². The lowest BCUT2D eigenvalue weighted by Gasteiger charge is -2.12. The third-order valence-electron chi connectivity index (χ3n) is 2.59. The Morgan fingerprint density at radius 2 is 2.14 bits per heavy atom. The van der Waals surface area contributed by atoms with Crippen molar-refractivity contribution in [3.63, 3.8) is 0 Å². The van der Waals surface area contributed by atoms with E-state index in [0.29, 0.717) is 6.04 Å². The molecule has 0 spiro atoms. The zero-order chi connectivity index (χ0) is 10.1. The molecule has 1 heterocycles. The number of fused-ring (bicyclic) bond motifs is 1. The molecule has 1 aliphatic carbocycles. The Kier molecular flexibility index (Phi) is 2.24. The van der Waals surface area contributed by atoms with Crippen molar-refractivity contribution in [1.29, 1.82) is 5.26 Å². The highest BCUT2D eigenvalue weighted by Crippen LogP contribution is 2.22. The molecule has 1 aromatic heterocycles. The molecule has 0 radical (unpaired) electrons. The smallest absolute Gasteiger partial charge is 0.0872 e. The predicted octanol–water partition coefficient (Wildman–Crippen LogP) is 1.49. The van der Waals surface area contributed by atoms with Crippen LogP contribution in [0.1, 0.15) is 37.7 Å². The van der Waals surface area contributed by atoms with Crippen LogP contribution < -0.4 is 0 Å². The highest BCUT2D eigenvalue weighted by molar-refractivity contribution is 5.16. The number of hydrogen-bond donors (Lipinski definition) is 0. The second-order valence-corrected chi connectivity index (χ2v) is 4.08. The first-order chi connectivity index (χ1) is 6.70. The fourth-order valence-electron chi connectivity index (χ4n) is 1.73. The summed E-state index contributed by atoms with van der Waals surface area (Å²) < 4.78 is 0. The van der Waals surface area contributed by atoms with Gasteiger partial charge in [-0.3, -0.25) is 0 Å². The molecule has 1 aromatic rings. The molecule has 0 fully saturated rings. The van der Waals surface area contributed by atoms with Crippen LogP contribution >= 0.6 is 0 Å². The summed E-state index contributed by atoms with van der Waals surface area (Å²) in [6.07, 6.45) is 2.61. The molecule has 14 heavy (non-hydrogen) atoms. The van der Waals surface area contributed by atoms with Crippen molar-refractivity contribution in [2.45, 2.75) is 39.2 Å². The van der Waals surface area contributed by atoms with E-state index < -0.39 is 0 Å². The van der Waals surface area contributed by atoms with Gasteiger partial charge < -0.3 is 0 Å². The number of aromatic nitrogens is 3. The Bertz CT molecular complexity index is 372. The second kappa shape index (κ2) is 3.41. The quantitative estimate of drug-likeness (QED) is 0.674. The van der Waals surface area contributed by atoms with Gasteiger partial charge in [-0.2, -0.15) is 20.3 Å². The van der Waals surface area contributed by atoms with Crippen LogP contribution in [0.4, 0.5) is 0 Å². The Balaban J connectivity index is 2.26. The maximum atomic E-state index is 8.83. The third kappa shape index (κ3) is 1.50. The van der Waals surface area contributed by atoms with Crippen LogP contribution in [0.2, 0.25) is 0 Å². The van der Waals surface area contributed by atoms with Crippen LogP contribution in [0.3, 0.4) is 0 Å². The van der Waals surface area contributed by atoms with Gasteiger partial charge in [0.2, 0.25) is 0 Å². The van der Waals surface area contributed by atoms with Gasteiger partial charge in [0.15, 0.2) is 0 Å². The average molecular weight is 190 g/mol. The average Bonchev–Trinajstić information content (AvgIpc) is 2.59. The maximum Gasteiger partial charge on any atom is 0.0872 e. The van der Waals surface area contributed by atoms with Gasteiger partial charge in [-0.25, -0.2) is 0 Å². The van der Waals surface area contributed by atoms with Gasteiger partial charge in [-0.05, 0) is 26.7 Å². The standard InChI is InChI=1S/C10H14N4/c1-7(2)14-12-9-4-3-8(6-11)5-10(9)13-14/h7-8H,3-5H2,1-2H3. The maximum absolute atomic E-state index is 8.83. The predicted molar refractivity (Wildman–Crippen MR) is 51.5 cm³/mol. The lowest BCUT2D eigenvalue weighted by atomic mass is 9.91. The van der Waals surface area contributed by atoms with Crippen LogP contribution in [0.5, 0.6) is 0 Å². The van der Waals surface area contributed by atoms with Crippen LogP contribution in [-0.4, -0.2) is 15.0 Å². The van der Waals surface area contributed by atoms with E-state index in [0.717, 1.165) is 30.7 Å². The van der Waals surface area contributed by atoms with Gasteiger partial charge >= 0.3 is 0 Å². The number of rotatable bonds is 1. The summed E-state index contributed by atoms with van der Waals surface area (Å²) in [6, 6.07) is 2.61. The molecule has 1 aliphatic rings. The van der Waals surface area contributed by atoms with E-state index in [1.165, 1.54) is 0 Å². The van der Waals surface area contributed by atoms with E-state index in [-0.39, 0.29) is 5.92 Å². The van der Waals surface area contributed by atoms with E-state index in [1.807, 2.05) is 0 Å². The topological polar surface area (TPSA) is 54.5 Å². The molecule has 2 rings (SSSR count). The zero-order valence-electron chi connectivity index (χ0n) is 8.56. The summed E-state index contributed by atoms with van der Waals surface area (Å²) in [6.45, 7) is 4.13. The van der Waals surface area contributed by atoms with E-state index >= 15 is 0 Å². The Morgan fingerprint density at radius 1 is 1.43 bits per heavy atom. The van der Waals surface area contributed by atoms with Gasteiger partial charge in [-0.15, -0.1) is 0 Å². The molecule has 0 aliphatic heterocycles. The third-order valence-corrected chi connectivity index (χ3v) is 2.59. The van der Waals surface area contributed by atoms with Crippen molar-refractivity contribution < 1.29 is 0 Å². The Hall–Kier alpha value is -1.37. The number of nitrogens with zero attached hydrogens (tertiary/aromatic N) is 4. The lowest BCUT2D eigenvalue weighted by Crippen LogP contribution is -2.12. The molecule has 4 nitrogen and oxygen atoms in total. The largest absolute Gasteiger partial charge is 0.198 e. The highest BCUT2D eigenvalue weighted by atomic mass is 15.5. The van der Waals surface area contributed by atoms with Crippen LogP contribution in [0.15, 0.2) is 0 Å². The molecular weight excluding hydrogens is 176 g/mol. The van der Waals surface area contributed by atoms with Gasteiger partial charge in [-0.1, -0.05) is 0 Å². The minimum absolute atomic E-state index is 0.139. The van der Waals surface area contributed by atoms with Crippen molar-refractivity contribution in [3.8, 4) is 6.07 Å². The number of nitriles is 1. The lowest BCUT2D eigenvalue weighted by molar-refractivity contribution is 0.461. The van der Waals surface area contributed by atoms with Gasteiger partial charge in [0.05, 0.1) is 29.4 Å². The molecule has 1 atom stereocenters. The Morgan fingerprint density at radius 3 is 2.79 bits per heavy atom. The molecule has 0 N–H and O–H groups in total. The van der Waals surface area contributed by atoms with E-state index in [4.69, 9.17) is 5.26 Å². The Labute approximate surface area is 83.5 Å². The highest BCUT2D eigenvalue weighted by Gasteiger charge is 2.23. The normalized spacial score (nSPS) is 20.6. The number of aryl methyl sites for hydroxylation is 1. The summed E-state index contributed by atoms with van der Waals surface area (Å²) in [5.74, 6) is 0.139. The SMILES string of the molecule is CC(C)n1nc2c(n1)CC(C#N)CC2. The van der Waals surface area contributed by atoms with Crippen molar-refractivity contribution >= 4 is 0 Å². The summed E-state index contributed by atoms with van der Waals surface area (Å²) in [5.41, 5.74) is 2.11. The van der Waals surface area contributed by atoms with Crippen LogP contribution in [0.25, 0.3) is 0 Å². The minimum Gasteiger partial charge on any atom is -0.198 e. The molecule has 0 bridgehead atoms. The molecular formula is C10H14N4. The molecule has 74 valence electrons. The monoisotopic (exact) mass is 190 g/mol. The first kappa shape index (κ1) is 9.20. The fourth-order valence-corrected chi connectivity index (χ4v) is 1.73. The summed E-state index contributed by atoms with van der Waals surface area (Å²) >= 11 is 0. The molecule has 0 saturated carbocycles. The summed E-state index contributed by atoms with van der Waals surface area (Å²) in [5, 5.41) is 17.6. The first-order valence-electron chi connectivity index (χ1n) is 5.05. The zero-order valence-corrected chi connectivity index (χ0v) is 8.56. The van der Waals surface area contributed by atoms with Gasteiger partial charge in [0, 0.05) is 6.42 Å². The first-order valence-corrected chi connectivity index (χ1v) is 5.05. The van der Waals surface area contributed by atoms with E-state index in [2.05, 4.69) is 30.1 Å². The molecule has 0 aromatic carbocycles. The fraction of sp³-hybridized carbons (Fsp3) is 0.700. The van der Waals surface area contributed by atoms with Crippen LogP contribution in [0, 0.1) is 17.2 Å². The van der Waals surface area contributed by atoms with Gasteiger partial charge in [0.25, 0.3) is 0 Å². The molecule has 0 saturated heterocycles. The van der Waals surface area contributed by atoms with Crippen molar-refractivity contribution in [1.82, 2.24) is 15.0 Å². The van der Waals surface area contributed by atoms with Gasteiger partial charge in [0.1, 0.15) is 0 Å². The second-order valence-electron chi connectivity index (χ2n) is 4.08. The molecule has 4 heteroatoms. The van der Waals surface area contributed by atoms with Crippen LogP contribution in [-0.2, 0) is 12.8 Å². The molecule has 0 amide bonds. The summed E-state index contributed by atoms with van der Waals surface area (Å²) in [4.78, 5) is 1.75. The van der Waals surface area contributed by atoms with E-state index in [9.17, 15) is 0 Å².